The van der Waals surface area contributed by atoms with E-state index in [4.69, 9.17) is 11.6 Å². The first-order valence-electron chi connectivity index (χ1n) is 10.4. The molecular weight excluding hydrogens is 382 g/mol. The molecule has 2 fully saturated rings. The second-order valence-electron chi connectivity index (χ2n) is 8.84. The summed E-state index contributed by atoms with van der Waals surface area (Å²) < 4.78 is 0. The molecule has 5 heteroatoms. The number of nitrogens with one attached hydrogen (secondary N) is 1. The largest absolute Gasteiger partial charge is 0.351 e. The number of aromatic nitrogens is 1. The molecule has 0 saturated carbocycles. The highest BCUT2D eigenvalue weighted by molar-refractivity contribution is 6.31. The Hall–Kier alpha value is -2.30. The molecule has 3 aromatic rings. The second kappa shape index (κ2) is 7.19. The summed E-state index contributed by atoms with van der Waals surface area (Å²) in [5.74, 6) is 0.102. The van der Waals surface area contributed by atoms with E-state index in [9.17, 15) is 4.79 Å². The molecule has 1 aromatic heterocycles. The molecule has 2 saturated heterocycles. The van der Waals surface area contributed by atoms with Gasteiger partial charge in [0.25, 0.3) is 5.91 Å². The van der Waals surface area contributed by atoms with Gasteiger partial charge in [-0.3, -0.25) is 9.69 Å². The minimum atomic E-state index is 0.102. The molecule has 1 N–H and O–H groups in total. The monoisotopic (exact) mass is 407 g/mol. The van der Waals surface area contributed by atoms with Crippen LogP contribution in [0.2, 0.25) is 5.02 Å². The van der Waals surface area contributed by atoms with E-state index < -0.39 is 0 Å². The van der Waals surface area contributed by atoms with Crippen molar-refractivity contribution in [2.45, 2.75) is 26.3 Å². The van der Waals surface area contributed by atoms with Crippen molar-refractivity contribution in [3.63, 3.8) is 0 Å². The Bertz CT molecular complexity index is 1040. The Morgan fingerprint density at radius 1 is 1.07 bits per heavy atom. The quantitative estimate of drug-likeness (QED) is 0.672. The summed E-state index contributed by atoms with van der Waals surface area (Å²) >= 11 is 6.06. The van der Waals surface area contributed by atoms with Crippen molar-refractivity contribution >= 4 is 28.4 Å². The number of halogens is 1. The standard InChI is InChI=1S/C24H26ClN3O/c1-17-2-4-18(5-3-17)14-27-10-8-24(9-11-27)15-28(16-24)23(29)22-13-19-12-20(25)6-7-21(19)26-22/h2-7,12-13,26H,8-11,14-16H2,1H3. The van der Waals surface area contributed by atoms with E-state index in [-0.39, 0.29) is 5.91 Å². The third-order valence-electron chi connectivity index (χ3n) is 6.60. The van der Waals surface area contributed by atoms with Crippen molar-refractivity contribution < 1.29 is 4.79 Å². The number of rotatable bonds is 3. The third kappa shape index (κ3) is 3.67. The summed E-state index contributed by atoms with van der Waals surface area (Å²) in [6.45, 7) is 7.13. The van der Waals surface area contributed by atoms with Crippen LogP contribution in [0.5, 0.6) is 0 Å². The van der Waals surface area contributed by atoms with Crippen molar-refractivity contribution in [3.8, 4) is 0 Å². The number of benzene rings is 2. The molecule has 1 spiro atoms. The molecule has 5 rings (SSSR count). The maximum absolute atomic E-state index is 12.9. The number of aromatic amines is 1. The zero-order chi connectivity index (χ0) is 20.0. The predicted molar refractivity (Wildman–Crippen MR) is 117 cm³/mol. The Balaban J connectivity index is 1.17. The summed E-state index contributed by atoms with van der Waals surface area (Å²) in [6, 6.07) is 16.4. The van der Waals surface area contributed by atoms with Crippen molar-refractivity contribution in [1.29, 1.82) is 0 Å². The average Bonchev–Trinajstić information content (AvgIpc) is 3.11. The van der Waals surface area contributed by atoms with Gasteiger partial charge < -0.3 is 9.88 Å². The van der Waals surface area contributed by atoms with Gasteiger partial charge in [-0.15, -0.1) is 0 Å². The summed E-state index contributed by atoms with van der Waals surface area (Å²) in [7, 11) is 0. The molecule has 0 aliphatic carbocycles. The first-order valence-corrected chi connectivity index (χ1v) is 10.7. The molecule has 0 bridgehead atoms. The molecule has 3 heterocycles. The molecule has 0 atom stereocenters. The van der Waals surface area contributed by atoms with Crippen LogP contribution >= 0.6 is 11.6 Å². The maximum Gasteiger partial charge on any atom is 0.270 e. The molecule has 4 nitrogen and oxygen atoms in total. The van der Waals surface area contributed by atoms with Crippen LogP contribution in [-0.4, -0.2) is 46.9 Å². The summed E-state index contributed by atoms with van der Waals surface area (Å²) in [5, 5.41) is 1.68. The third-order valence-corrected chi connectivity index (χ3v) is 6.83. The topological polar surface area (TPSA) is 39.3 Å². The maximum atomic E-state index is 12.9. The number of piperidine rings is 1. The van der Waals surface area contributed by atoms with Crippen LogP contribution in [0, 0.1) is 12.3 Å². The van der Waals surface area contributed by atoms with Gasteiger partial charge in [-0.2, -0.15) is 0 Å². The van der Waals surface area contributed by atoms with Crippen molar-refractivity contribution in [2.75, 3.05) is 26.2 Å². The molecular formula is C24H26ClN3O. The molecule has 2 aliphatic heterocycles. The zero-order valence-electron chi connectivity index (χ0n) is 16.7. The van der Waals surface area contributed by atoms with Crippen molar-refractivity contribution in [1.82, 2.24) is 14.8 Å². The van der Waals surface area contributed by atoms with Gasteiger partial charge in [0, 0.05) is 41.0 Å². The number of H-pyrrole nitrogens is 1. The van der Waals surface area contributed by atoms with E-state index in [1.54, 1.807) is 0 Å². The second-order valence-corrected chi connectivity index (χ2v) is 9.27. The molecule has 29 heavy (non-hydrogen) atoms. The SMILES string of the molecule is Cc1ccc(CN2CCC3(CC2)CN(C(=O)c2cc4cc(Cl)ccc4[nH]2)C3)cc1. The predicted octanol–water partition coefficient (Wildman–Crippen LogP) is 4.87. The van der Waals surface area contributed by atoms with Gasteiger partial charge in [0.2, 0.25) is 0 Å². The van der Waals surface area contributed by atoms with E-state index in [2.05, 4.69) is 41.1 Å². The van der Waals surface area contributed by atoms with Crippen LogP contribution in [0.25, 0.3) is 10.9 Å². The number of likely N-dealkylation sites (tertiary alicyclic amines) is 2. The zero-order valence-corrected chi connectivity index (χ0v) is 17.5. The van der Waals surface area contributed by atoms with E-state index in [0.29, 0.717) is 16.1 Å². The van der Waals surface area contributed by atoms with Crippen LogP contribution in [0.3, 0.4) is 0 Å². The Morgan fingerprint density at radius 3 is 2.52 bits per heavy atom. The lowest BCUT2D eigenvalue weighted by Crippen LogP contribution is -2.61. The van der Waals surface area contributed by atoms with E-state index in [1.165, 1.54) is 24.0 Å². The number of amides is 1. The smallest absolute Gasteiger partial charge is 0.270 e. The normalized spacial score (nSPS) is 18.9. The molecule has 0 unspecified atom stereocenters. The number of aryl methyl sites for hydroxylation is 1. The number of nitrogens with zero attached hydrogens (tertiary/aromatic N) is 2. The first kappa shape index (κ1) is 18.7. The van der Waals surface area contributed by atoms with Crippen LogP contribution in [0.15, 0.2) is 48.5 Å². The van der Waals surface area contributed by atoms with Crippen molar-refractivity contribution in [3.05, 3.63) is 70.4 Å². The van der Waals surface area contributed by atoms with Gasteiger partial charge in [0.1, 0.15) is 5.69 Å². The Morgan fingerprint density at radius 2 is 1.79 bits per heavy atom. The highest BCUT2D eigenvalue weighted by Gasteiger charge is 2.46. The minimum Gasteiger partial charge on any atom is -0.351 e. The molecule has 2 aliphatic rings. The number of carbonyl (C=O) groups excluding carboxylic acids is 1. The molecule has 2 aromatic carbocycles. The van der Waals surface area contributed by atoms with Crippen LogP contribution in [0.4, 0.5) is 0 Å². The Labute approximate surface area is 176 Å². The van der Waals surface area contributed by atoms with E-state index in [1.807, 2.05) is 29.2 Å². The van der Waals surface area contributed by atoms with Gasteiger partial charge in [0.15, 0.2) is 0 Å². The summed E-state index contributed by atoms with van der Waals surface area (Å²) in [5.41, 5.74) is 4.63. The number of fused-ring (bicyclic) bond motifs is 1. The average molecular weight is 408 g/mol. The fraction of sp³-hybridized carbons (Fsp3) is 0.375. The van der Waals surface area contributed by atoms with Crippen molar-refractivity contribution in [2.24, 2.45) is 5.41 Å². The summed E-state index contributed by atoms with van der Waals surface area (Å²) in [6.07, 6.45) is 2.34. The molecule has 1 amide bonds. The van der Waals surface area contributed by atoms with Gasteiger partial charge in [-0.1, -0.05) is 41.4 Å². The fourth-order valence-corrected chi connectivity index (χ4v) is 4.93. The lowest BCUT2D eigenvalue weighted by Gasteiger charge is -2.54. The number of hydrogen-bond donors (Lipinski definition) is 1. The van der Waals surface area contributed by atoms with Gasteiger partial charge >= 0.3 is 0 Å². The van der Waals surface area contributed by atoms with Crippen LogP contribution in [-0.2, 0) is 6.54 Å². The van der Waals surface area contributed by atoms with E-state index >= 15 is 0 Å². The minimum absolute atomic E-state index is 0.102. The van der Waals surface area contributed by atoms with Gasteiger partial charge in [-0.05, 0) is 62.7 Å². The lowest BCUT2D eigenvalue weighted by molar-refractivity contribution is -0.0338. The summed E-state index contributed by atoms with van der Waals surface area (Å²) in [4.78, 5) is 20.7. The Kier molecular flexibility index (Phi) is 4.64. The lowest BCUT2D eigenvalue weighted by atomic mass is 9.72. The van der Waals surface area contributed by atoms with Gasteiger partial charge in [0.05, 0.1) is 0 Å². The number of carbonyl (C=O) groups is 1. The van der Waals surface area contributed by atoms with Crippen LogP contribution in [0.1, 0.15) is 34.5 Å². The number of hydrogen-bond acceptors (Lipinski definition) is 2. The molecule has 0 radical (unpaired) electrons. The highest BCUT2D eigenvalue weighted by Crippen LogP contribution is 2.41. The van der Waals surface area contributed by atoms with E-state index in [0.717, 1.165) is 43.6 Å². The fourth-order valence-electron chi connectivity index (χ4n) is 4.75. The highest BCUT2D eigenvalue weighted by atomic mass is 35.5. The van der Waals surface area contributed by atoms with Gasteiger partial charge in [-0.25, -0.2) is 0 Å². The van der Waals surface area contributed by atoms with Crippen LogP contribution < -0.4 is 0 Å². The first-order chi connectivity index (χ1) is 14.0. The molecule has 150 valence electrons.